The van der Waals surface area contributed by atoms with Crippen molar-refractivity contribution in [2.75, 3.05) is 5.32 Å². The molecule has 1 fully saturated rings. The standard InChI is InChI=1S/C28H42N4OSi/c1-27(2,3)32-26(30-22-12-14-24-19(15-22)9-10-21(24)18-29)17-25(31-32)20-11-13-23(16-20)33-34(7,8)28(4,5)6/h12,14-15,17,20-21,23,30H,9-11,13,16H2,1-8H3/t20-,21?,23+/m0/s1. The Morgan fingerprint density at radius 2 is 1.82 bits per heavy atom. The van der Waals surface area contributed by atoms with Crippen LogP contribution in [-0.4, -0.2) is 24.2 Å². The van der Waals surface area contributed by atoms with Gasteiger partial charge in [-0.2, -0.15) is 10.4 Å². The van der Waals surface area contributed by atoms with Crippen LogP contribution < -0.4 is 5.32 Å². The summed E-state index contributed by atoms with van der Waals surface area (Å²) in [6.07, 6.45) is 5.55. The second kappa shape index (κ2) is 8.84. The van der Waals surface area contributed by atoms with Gasteiger partial charge in [-0.05, 0) is 94.3 Å². The molecule has 1 aromatic carbocycles. The Morgan fingerprint density at radius 3 is 2.47 bits per heavy atom. The molecular formula is C28H42N4OSi. The lowest BCUT2D eigenvalue weighted by molar-refractivity contribution is 0.186. The minimum Gasteiger partial charge on any atom is -0.414 e. The molecule has 0 radical (unpaired) electrons. The fourth-order valence-corrected chi connectivity index (χ4v) is 6.49. The van der Waals surface area contributed by atoms with Gasteiger partial charge in [0.1, 0.15) is 5.82 Å². The summed E-state index contributed by atoms with van der Waals surface area (Å²) < 4.78 is 8.88. The molecule has 1 saturated carbocycles. The normalized spacial score (nSPS) is 23.1. The molecule has 2 aliphatic carbocycles. The van der Waals surface area contributed by atoms with Crippen molar-refractivity contribution in [3.63, 3.8) is 0 Å². The van der Waals surface area contributed by atoms with Crippen LogP contribution in [0.1, 0.15) is 95.9 Å². The van der Waals surface area contributed by atoms with Crippen LogP contribution in [-0.2, 0) is 16.4 Å². The summed E-state index contributed by atoms with van der Waals surface area (Å²) >= 11 is 0. The van der Waals surface area contributed by atoms with E-state index < -0.39 is 8.32 Å². The Hall–Kier alpha value is -2.10. The summed E-state index contributed by atoms with van der Waals surface area (Å²) in [4.78, 5) is 0. The zero-order valence-electron chi connectivity index (χ0n) is 22.3. The SMILES string of the molecule is CC(C)(C)n1nc([C@H]2CC[C@@H](O[Si](C)(C)C(C)(C)C)C2)cc1Nc1ccc2c(c1)CCC2C#N. The number of aryl methyl sites for hydroxylation is 1. The molecule has 0 spiro atoms. The summed E-state index contributed by atoms with van der Waals surface area (Å²) in [5.74, 6) is 1.51. The van der Waals surface area contributed by atoms with Crippen molar-refractivity contribution >= 4 is 19.8 Å². The number of hydrogen-bond acceptors (Lipinski definition) is 4. The lowest BCUT2D eigenvalue weighted by Gasteiger charge is -2.38. The number of aromatic nitrogens is 2. The maximum atomic E-state index is 9.39. The van der Waals surface area contributed by atoms with Gasteiger partial charge in [0.15, 0.2) is 8.32 Å². The zero-order valence-corrected chi connectivity index (χ0v) is 23.3. The lowest BCUT2D eigenvalue weighted by Crippen LogP contribution is -2.43. The van der Waals surface area contributed by atoms with Crippen LogP contribution in [0.5, 0.6) is 0 Å². The first-order valence-electron chi connectivity index (χ1n) is 12.9. The monoisotopic (exact) mass is 478 g/mol. The first-order chi connectivity index (χ1) is 15.8. The third-order valence-electron chi connectivity index (χ3n) is 8.08. The third-order valence-corrected chi connectivity index (χ3v) is 12.6. The van der Waals surface area contributed by atoms with Crippen molar-refractivity contribution in [3.05, 3.63) is 41.1 Å². The highest BCUT2D eigenvalue weighted by atomic mass is 28.4. The minimum absolute atomic E-state index is 0.0413. The largest absolute Gasteiger partial charge is 0.414 e. The highest BCUT2D eigenvalue weighted by molar-refractivity contribution is 6.74. The van der Waals surface area contributed by atoms with Crippen LogP contribution in [0.3, 0.4) is 0 Å². The molecule has 2 aromatic rings. The molecule has 34 heavy (non-hydrogen) atoms. The van der Waals surface area contributed by atoms with Gasteiger partial charge in [-0.25, -0.2) is 4.68 Å². The predicted octanol–water partition coefficient (Wildman–Crippen LogP) is 7.59. The summed E-state index contributed by atoms with van der Waals surface area (Å²) in [5, 5.41) is 18.4. The van der Waals surface area contributed by atoms with Crippen LogP contribution in [0.4, 0.5) is 11.5 Å². The summed E-state index contributed by atoms with van der Waals surface area (Å²) in [5.41, 5.74) is 4.60. The van der Waals surface area contributed by atoms with Gasteiger partial charge in [0, 0.05) is 23.8 Å². The van der Waals surface area contributed by atoms with E-state index >= 15 is 0 Å². The van der Waals surface area contributed by atoms with E-state index in [-0.39, 0.29) is 16.5 Å². The van der Waals surface area contributed by atoms with E-state index in [9.17, 15) is 5.26 Å². The number of nitrogens with zero attached hydrogens (tertiary/aromatic N) is 3. The van der Waals surface area contributed by atoms with Gasteiger partial charge in [0.2, 0.25) is 0 Å². The highest BCUT2D eigenvalue weighted by Gasteiger charge is 2.41. The molecule has 2 aliphatic rings. The fourth-order valence-electron chi connectivity index (χ4n) is 5.09. The van der Waals surface area contributed by atoms with Crippen molar-refractivity contribution in [2.45, 2.75) is 115 Å². The van der Waals surface area contributed by atoms with E-state index in [1.165, 1.54) is 16.8 Å². The number of hydrogen-bond donors (Lipinski definition) is 1. The summed E-state index contributed by atoms with van der Waals surface area (Å²) in [7, 11) is -1.76. The molecule has 1 unspecified atom stereocenters. The minimum atomic E-state index is -1.76. The first-order valence-corrected chi connectivity index (χ1v) is 15.8. The maximum absolute atomic E-state index is 9.39. The summed E-state index contributed by atoms with van der Waals surface area (Å²) in [6, 6.07) is 11.1. The number of fused-ring (bicyclic) bond motifs is 1. The second-order valence-corrected chi connectivity index (χ2v) is 17.6. The topological polar surface area (TPSA) is 62.9 Å². The molecule has 4 rings (SSSR count). The van der Waals surface area contributed by atoms with Crippen LogP contribution in [0.15, 0.2) is 24.3 Å². The molecule has 5 nitrogen and oxygen atoms in total. The number of benzene rings is 1. The van der Waals surface area contributed by atoms with Crippen LogP contribution in [0, 0.1) is 11.3 Å². The van der Waals surface area contributed by atoms with E-state index in [0.717, 1.165) is 43.6 Å². The molecule has 0 saturated heterocycles. The van der Waals surface area contributed by atoms with Gasteiger partial charge in [-0.3, -0.25) is 0 Å². The Labute approximate surface area is 207 Å². The first kappa shape index (κ1) is 25.0. The smallest absolute Gasteiger partial charge is 0.192 e. The quantitative estimate of drug-likeness (QED) is 0.450. The fraction of sp³-hybridized carbons (Fsp3) is 0.643. The van der Waals surface area contributed by atoms with Gasteiger partial charge < -0.3 is 9.74 Å². The second-order valence-electron chi connectivity index (χ2n) is 12.8. The van der Waals surface area contributed by atoms with E-state index in [2.05, 4.69) is 95.0 Å². The Bertz CT molecular complexity index is 1080. The molecule has 1 heterocycles. The number of anilines is 2. The molecule has 6 heteroatoms. The molecule has 0 bridgehead atoms. The molecule has 0 amide bonds. The molecular weight excluding hydrogens is 436 g/mol. The number of rotatable bonds is 5. The van der Waals surface area contributed by atoms with Crippen molar-refractivity contribution in [1.82, 2.24) is 9.78 Å². The van der Waals surface area contributed by atoms with E-state index in [0.29, 0.717) is 12.0 Å². The average Bonchev–Trinajstić information content (AvgIpc) is 3.44. The zero-order chi connectivity index (χ0) is 24.9. The van der Waals surface area contributed by atoms with E-state index in [4.69, 9.17) is 9.52 Å². The maximum Gasteiger partial charge on any atom is 0.192 e. The third kappa shape index (κ3) is 4.97. The van der Waals surface area contributed by atoms with E-state index in [1.54, 1.807) is 0 Å². The molecule has 1 aromatic heterocycles. The van der Waals surface area contributed by atoms with Crippen molar-refractivity contribution in [3.8, 4) is 6.07 Å². The molecule has 0 aliphatic heterocycles. The van der Waals surface area contributed by atoms with Gasteiger partial charge in [0.05, 0.1) is 23.2 Å². The van der Waals surface area contributed by atoms with Crippen molar-refractivity contribution < 1.29 is 4.43 Å². The average molecular weight is 479 g/mol. The number of nitrogens with one attached hydrogen (secondary N) is 1. The van der Waals surface area contributed by atoms with Gasteiger partial charge in [0.25, 0.3) is 0 Å². The van der Waals surface area contributed by atoms with Gasteiger partial charge in [-0.1, -0.05) is 26.8 Å². The predicted molar refractivity (Wildman–Crippen MR) is 142 cm³/mol. The Balaban J connectivity index is 1.53. The lowest BCUT2D eigenvalue weighted by atomic mass is 10.0. The Morgan fingerprint density at radius 1 is 1.09 bits per heavy atom. The van der Waals surface area contributed by atoms with Crippen molar-refractivity contribution in [2.24, 2.45) is 0 Å². The van der Waals surface area contributed by atoms with Crippen LogP contribution in [0.2, 0.25) is 18.1 Å². The molecule has 184 valence electrons. The number of nitriles is 1. The molecule has 1 N–H and O–H groups in total. The van der Waals surface area contributed by atoms with Gasteiger partial charge >= 0.3 is 0 Å². The van der Waals surface area contributed by atoms with Crippen molar-refractivity contribution in [1.29, 1.82) is 5.26 Å². The van der Waals surface area contributed by atoms with Crippen LogP contribution in [0.25, 0.3) is 0 Å². The Kier molecular flexibility index (Phi) is 6.50. The van der Waals surface area contributed by atoms with E-state index in [1.807, 2.05) is 0 Å². The van der Waals surface area contributed by atoms with Crippen LogP contribution >= 0.6 is 0 Å². The van der Waals surface area contributed by atoms with Gasteiger partial charge in [-0.15, -0.1) is 0 Å². The molecule has 3 atom stereocenters. The highest BCUT2D eigenvalue weighted by Crippen LogP contribution is 2.43. The summed E-state index contributed by atoms with van der Waals surface area (Å²) in [6.45, 7) is 18.3.